The topological polar surface area (TPSA) is 60.4 Å². The van der Waals surface area contributed by atoms with Crippen LogP contribution in [0.3, 0.4) is 0 Å². The standard InChI is InChI=1S/C10H12O4S2/c1-2-14-10(11)8-15-16(12,13)9-6-4-3-5-7-9/h3-7H,2,8H2,1H3. The first-order valence-corrected chi connectivity index (χ1v) is 7.65. The third kappa shape index (κ3) is 3.86. The van der Waals surface area contributed by atoms with E-state index in [1.807, 2.05) is 0 Å². The maximum Gasteiger partial charge on any atom is 0.316 e. The molecule has 0 fully saturated rings. The third-order valence-electron chi connectivity index (χ3n) is 1.67. The van der Waals surface area contributed by atoms with Crippen molar-refractivity contribution < 1.29 is 17.9 Å². The average Bonchev–Trinajstić information content (AvgIpc) is 2.28. The summed E-state index contributed by atoms with van der Waals surface area (Å²) >= 11 is 0. The van der Waals surface area contributed by atoms with Crippen LogP contribution in [0.25, 0.3) is 0 Å². The zero-order chi connectivity index (χ0) is 12.0. The van der Waals surface area contributed by atoms with Gasteiger partial charge in [-0.2, -0.15) is 0 Å². The fraction of sp³-hybridized carbons (Fsp3) is 0.300. The summed E-state index contributed by atoms with van der Waals surface area (Å²) in [5, 5.41) is 0. The summed E-state index contributed by atoms with van der Waals surface area (Å²) in [5.41, 5.74) is 0. The van der Waals surface area contributed by atoms with Gasteiger partial charge >= 0.3 is 5.97 Å². The number of carbonyl (C=O) groups excluding carboxylic acids is 1. The summed E-state index contributed by atoms with van der Waals surface area (Å²) in [7, 11) is -2.88. The van der Waals surface area contributed by atoms with E-state index in [1.165, 1.54) is 12.1 Å². The summed E-state index contributed by atoms with van der Waals surface area (Å²) in [4.78, 5) is 11.2. The Balaban J connectivity index is 2.64. The van der Waals surface area contributed by atoms with E-state index in [0.29, 0.717) is 10.8 Å². The predicted octanol–water partition coefficient (Wildman–Crippen LogP) is 1.67. The fourth-order valence-electron chi connectivity index (χ4n) is 0.984. The molecule has 0 saturated carbocycles. The van der Waals surface area contributed by atoms with Crippen LogP contribution in [0, 0.1) is 0 Å². The molecule has 16 heavy (non-hydrogen) atoms. The van der Waals surface area contributed by atoms with Crippen LogP contribution in [0.2, 0.25) is 0 Å². The van der Waals surface area contributed by atoms with Crippen LogP contribution in [-0.2, 0) is 18.4 Å². The summed E-state index contributed by atoms with van der Waals surface area (Å²) in [6.07, 6.45) is 0. The minimum Gasteiger partial charge on any atom is -0.465 e. The van der Waals surface area contributed by atoms with Gasteiger partial charge in [0.1, 0.15) is 5.75 Å². The van der Waals surface area contributed by atoms with Crippen LogP contribution in [-0.4, -0.2) is 26.7 Å². The van der Waals surface area contributed by atoms with E-state index in [2.05, 4.69) is 4.74 Å². The molecule has 0 atom stereocenters. The van der Waals surface area contributed by atoms with Gasteiger partial charge in [0, 0.05) is 0 Å². The molecule has 1 rings (SSSR count). The Hall–Kier alpha value is -1.01. The molecule has 88 valence electrons. The summed E-state index contributed by atoms with van der Waals surface area (Å²) in [6.45, 7) is 1.93. The van der Waals surface area contributed by atoms with Gasteiger partial charge in [-0.1, -0.05) is 18.2 Å². The van der Waals surface area contributed by atoms with Gasteiger partial charge in [-0.25, -0.2) is 8.42 Å². The van der Waals surface area contributed by atoms with Crippen LogP contribution in [0.5, 0.6) is 0 Å². The van der Waals surface area contributed by atoms with Crippen LogP contribution >= 0.6 is 10.8 Å². The second kappa shape index (κ2) is 5.91. The maximum absolute atomic E-state index is 11.7. The highest BCUT2D eigenvalue weighted by atomic mass is 33.1. The molecule has 0 aliphatic heterocycles. The number of esters is 1. The fourth-order valence-corrected chi connectivity index (χ4v) is 3.44. The minimum absolute atomic E-state index is 0.189. The summed E-state index contributed by atoms with van der Waals surface area (Å²) in [5.74, 6) is -0.711. The van der Waals surface area contributed by atoms with E-state index in [1.54, 1.807) is 25.1 Å². The zero-order valence-electron chi connectivity index (χ0n) is 8.75. The molecular weight excluding hydrogens is 248 g/mol. The average molecular weight is 260 g/mol. The summed E-state index contributed by atoms with van der Waals surface area (Å²) < 4.78 is 28.0. The molecule has 0 spiro atoms. The Labute approximate surface area is 98.3 Å². The van der Waals surface area contributed by atoms with E-state index < -0.39 is 14.8 Å². The molecule has 0 unspecified atom stereocenters. The van der Waals surface area contributed by atoms with E-state index in [0.717, 1.165) is 0 Å². The van der Waals surface area contributed by atoms with E-state index in [4.69, 9.17) is 0 Å². The lowest BCUT2D eigenvalue weighted by Crippen LogP contribution is -2.09. The molecule has 0 aliphatic rings. The molecule has 0 N–H and O–H groups in total. The van der Waals surface area contributed by atoms with Gasteiger partial charge < -0.3 is 4.74 Å². The molecule has 6 heteroatoms. The zero-order valence-corrected chi connectivity index (χ0v) is 10.4. The molecule has 0 aliphatic carbocycles. The highest BCUT2D eigenvalue weighted by Crippen LogP contribution is 2.22. The summed E-state index contributed by atoms with van der Waals surface area (Å²) in [6, 6.07) is 7.99. The van der Waals surface area contributed by atoms with Gasteiger partial charge in [-0.15, -0.1) is 0 Å². The van der Waals surface area contributed by atoms with Crippen LogP contribution in [0.15, 0.2) is 35.2 Å². The first-order valence-electron chi connectivity index (χ1n) is 4.66. The second-order valence-corrected chi connectivity index (χ2v) is 6.76. The second-order valence-electron chi connectivity index (χ2n) is 2.83. The highest BCUT2D eigenvalue weighted by molar-refractivity contribution is 8.72. The normalized spacial score (nSPS) is 11.1. The number of hydrogen-bond acceptors (Lipinski definition) is 5. The molecule has 0 aromatic heterocycles. The molecule has 1 aromatic rings. The van der Waals surface area contributed by atoms with Gasteiger partial charge in [0.25, 0.3) is 0 Å². The van der Waals surface area contributed by atoms with Crippen molar-refractivity contribution in [3.63, 3.8) is 0 Å². The van der Waals surface area contributed by atoms with Crippen LogP contribution in [0.4, 0.5) is 0 Å². The Bertz CT molecular complexity index is 439. The lowest BCUT2D eigenvalue weighted by atomic mass is 10.4. The van der Waals surface area contributed by atoms with Crippen molar-refractivity contribution in [1.82, 2.24) is 0 Å². The largest absolute Gasteiger partial charge is 0.465 e. The van der Waals surface area contributed by atoms with Gasteiger partial charge in [-0.3, -0.25) is 4.79 Å². The quantitative estimate of drug-likeness (QED) is 0.595. The van der Waals surface area contributed by atoms with Crippen molar-refractivity contribution in [3.05, 3.63) is 30.3 Å². The molecule has 0 saturated heterocycles. The van der Waals surface area contributed by atoms with Crippen molar-refractivity contribution in [3.8, 4) is 0 Å². The van der Waals surface area contributed by atoms with Gasteiger partial charge in [0.05, 0.1) is 11.5 Å². The number of benzene rings is 1. The third-order valence-corrected chi connectivity index (χ3v) is 5.04. The lowest BCUT2D eigenvalue weighted by Gasteiger charge is -2.03. The molecule has 0 heterocycles. The Kier molecular flexibility index (Phi) is 4.82. The van der Waals surface area contributed by atoms with Crippen molar-refractivity contribution in [2.24, 2.45) is 0 Å². The Morgan fingerprint density at radius 2 is 1.94 bits per heavy atom. The van der Waals surface area contributed by atoms with Gasteiger partial charge in [0.15, 0.2) is 0 Å². The Morgan fingerprint density at radius 3 is 2.50 bits per heavy atom. The molecular formula is C10H12O4S2. The first kappa shape index (κ1) is 13.1. The van der Waals surface area contributed by atoms with Crippen molar-refractivity contribution >= 4 is 25.6 Å². The molecule has 0 bridgehead atoms. The number of ether oxygens (including phenoxy) is 1. The number of rotatable bonds is 5. The number of hydrogen-bond donors (Lipinski definition) is 0. The van der Waals surface area contributed by atoms with Gasteiger partial charge in [0.2, 0.25) is 8.87 Å². The number of carbonyl (C=O) groups is 1. The monoisotopic (exact) mass is 260 g/mol. The predicted molar refractivity (Wildman–Crippen MR) is 62.7 cm³/mol. The van der Waals surface area contributed by atoms with Crippen LogP contribution < -0.4 is 0 Å². The Morgan fingerprint density at radius 1 is 1.31 bits per heavy atom. The van der Waals surface area contributed by atoms with Crippen molar-refractivity contribution in [1.29, 1.82) is 0 Å². The van der Waals surface area contributed by atoms with E-state index >= 15 is 0 Å². The smallest absolute Gasteiger partial charge is 0.316 e. The van der Waals surface area contributed by atoms with Crippen molar-refractivity contribution in [2.45, 2.75) is 11.8 Å². The molecule has 4 nitrogen and oxygen atoms in total. The minimum atomic E-state index is -3.46. The lowest BCUT2D eigenvalue weighted by molar-refractivity contribution is -0.139. The molecule has 0 radical (unpaired) electrons. The van der Waals surface area contributed by atoms with Gasteiger partial charge in [-0.05, 0) is 29.9 Å². The van der Waals surface area contributed by atoms with E-state index in [-0.39, 0.29) is 17.3 Å². The maximum atomic E-state index is 11.7. The van der Waals surface area contributed by atoms with Crippen molar-refractivity contribution in [2.75, 3.05) is 12.4 Å². The first-order chi connectivity index (χ1) is 7.56. The molecule has 0 amide bonds. The van der Waals surface area contributed by atoms with Crippen LogP contribution in [0.1, 0.15) is 6.92 Å². The SMILES string of the molecule is CCOC(=O)CSS(=O)(=O)c1ccccc1. The highest BCUT2D eigenvalue weighted by Gasteiger charge is 2.17. The van der Waals surface area contributed by atoms with E-state index in [9.17, 15) is 13.2 Å². The molecule has 1 aromatic carbocycles.